The van der Waals surface area contributed by atoms with Crippen molar-refractivity contribution in [3.05, 3.63) is 48.0 Å². The van der Waals surface area contributed by atoms with Gasteiger partial charge in [-0.25, -0.2) is 0 Å². The molecule has 3 atom stereocenters. The molecule has 6 heteroatoms. The minimum absolute atomic E-state index is 0.118. The van der Waals surface area contributed by atoms with Gasteiger partial charge in [0.05, 0.1) is 11.8 Å². The fourth-order valence-electron chi connectivity index (χ4n) is 4.55. The highest BCUT2D eigenvalue weighted by molar-refractivity contribution is 6.08. The average Bonchev–Trinajstić information content (AvgIpc) is 2.99. The van der Waals surface area contributed by atoms with E-state index < -0.39 is 6.04 Å². The van der Waals surface area contributed by atoms with Gasteiger partial charge in [0.1, 0.15) is 6.04 Å². The number of imide groups is 1. The predicted molar refractivity (Wildman–Crippen MR) is 105 cm³/mol. The van der Waals surface area contributed by atoms with E-state index in [0.717, 1.165) is 19.6 Å². The van der Waals surface area contributed by atoms with Crippen molar-refractivity contribution in [1.82, 2.24) is 14.7 Å². The maximum atomic E-state index is 13.0. The molecule has 2 saturated heterocycles. The summed E-state index contributed by atoms with van der Waals surface area (Å²) in [5.74, 6) is -1.04. The first kappa shape index (κ1) is 18.9. The molecule has 6 nitrogen and oxygen atoms in total. The van der Waals surface area contributed by atoms with Crippen LogP contribution in [0.2, 0.25) is 0 Å². The molecule has 0 saturated carbocycles. The molecule has 0 N–H and O–H groups in total. The van der Waals surface area contributed by atoms with Crippen molar-refractivity contribution in [3.8, 4) is 0 Å². The lowest BCUT2D eigenvalue weighted by Crippen LogP contribution is -2.55. The smallest absolute Gasteiger partial charge is 0.245 e. The van der Waals surface area contributed by atoms with Gasteiger partial charge in [0.25, 0.3) is 0 Å². The molecule has 0 unspecified atom stereocenters. The van der Waals surface area contributed by atoms with Crippen LogP contribution in [0.5, 0.6) is 0 Å². The zero-order valence-electron chi connectivity index (χ0n) is 16.3. The van der Waals surface area contributed by atoms with Crippen molar-refractivity contribution in [2.75, 3.05) is 26.2 Å². The van der Waals surface area contributed by atoms with Crippen molar-refractivity contribution >= 4 is 17.7 Å². The van der Waals surface area contributed by atoms with Crippen LogP contribution in [-0.2, 0) is 20.9 Å². The van der Waals surface area contributed by atoms with E-state index in [2.05, 4.69) is 17.0 Å². The highest BCUT2D eigenvalue weighted by Crippen LogP contribution is 2.36. The summed E-state index contributed by atoms with van der Waals surface area (Å²) in [7, 11) is 0. The molecular formula is C22H27N3O3. The summed E-state index contributed by atoms with van der Waals surface area (Å²) in [5.41, 5.74) is 1.26. The Kier molecular flexibility index (Phi) is 5.31. The van der Waals surface area contributed by atoms with Gasteiger partial charge in [0.2, 0.25) is 17.7 Å². The van der Waals surface area contributed by atoms with Gasteiger partial charge < -0.3 is 4.90 Å². The molecule has 28 heavy (non-hydrogen) atoms. The number of fused-ring (bicyclic) bond motifs is 1. The summed E-state index contributed by atoms with van der Waals surface area (Å²) < 4.78 is 0. The quantitative estimate of drug-likeness (QED) is 0.588. The topological polar surface area (TPSA) is 60.9 Å². The molecule has 2 heterocycles. The molecule has 3 aliphatic rings. The summed E-state index contributed by atoms with van der Waals surface area (Å²) in [6, 6.07) is 9.58. The van der Waals surface area contributed by atoms with Gasteiger partial charge >= 0.3 is 0 Å². The molecule has 1 aromatic rings. The van der Waals surface area contributed by atoms with Crippen LogP contribution in [0, 0.1) is 11.8 Å². The van der Waals surface area contributed by atoms with E-state index in [4.69, 9.17) is 0 Å². The molecule has 3 amide bonds. The van der Waals surface area contributed by atoms with Crippen LogP contribution >= 0.6 is 0 Å². The van der Waals surface area contributed by atoms with Crippen molar-refractivity contribution in [2.45, 2.75) is 32.4 Å². The molecule has 4 rings (SSSR count). The first-order valence-electron chi connectivity index (χ1n) is 10.1. The van der Waals surface area contributed by atoms with E-state index in [1.54, 1.807) is 11.8 Å². The summed E-state index contributed by atoms with van der Waals surface area (Å²) >= 11 is 0. The monoisotopic (exact) mass is 381 g/mol. The zero-order chi connectivity index (χ0) is 19.7. The summed E-state index contributed by atoms with van der Waals surface area (Å²) in [5, 5.41) is 0. The molecule has 2 fully saturated rings. The number of hydrogen-bond acceptors (Lipinski definition) is 4. The fraction of sp³-hybridized carbons (Fsp3) is 0.500. The third-order valence-corrected chi connectivity index (χ3v) is 6.22. The van der Waals surface area contributed by atoms with Crippen LogP contribution in [0.15, 0.2) is 42.5 Å². The molecule has 1 aromatic carbocycles. The summed E-state index contributed by atoms with van der Waals surface area (Å²) in [4.78, 5) is 43.8. The normalized spacial score (nSPS) is 26.5. The number of rotatable bonds is 4. The number of carbonyl (C=O) groups excluding carboxylic acids is 3. The third kappa shape index (κ3) is 3.49. The number of carbonyl (C=O) groups is 3. The van der Waals surface area contributed by atoms with Crippen LogP contribution in [-0.4, -0.2) is 64.6 Å². The van der Waals surface area contributed by atoms with Gasteiger partial charge in [-0.05, 0) is 25.3 Å². The second-order valence-electron chi connectivity index (χ2n) is 7.97. The van der Waals surface area contributed by atoms with Gasteiger partial charge in [0.15, 0.2) is 0 Å². The highest BCUT2D eigenvalue weighted by atomic mass is 16.2. The number of likely N-dealkylation sites (tertiary alicyclic amines) is 1. The van der Waals surface area contributed by atoms with Gasteiger partial charge in [-0.2, -0.15) is 0 Å². The van der Waals surface area contributed by atoms with Crippen molar-refractivity contribution in [2.24, 2.45) is 11.8 Å². The van der Waals surface area contributed by atoms with Gasteiger partial charge in [-0.1, -0.05) is 42.5 Å². The van der Waals surface area contributed by atoms with Crippen LogP contribution in [0.3, 0.4) is 0 Å². The van der Waals surface area contributed by atoms with Gasteiger partial charge in [-0.3, -0.25) is 24.2 Å². The van der Waals surface area contributed by atoms with E-state index in [-0.39, 0.29) is 29.6 Å². The first-order valence-corrected chi connectivity index (χ1v) is 10.1. The Morgan fingerprint density at radius 3 is 2.11 bits per heavy atom. The number of allylic oxidation sites excluding steroid dienone is 2. The van der Waals surface area contributed by atoms with Gasteiger partial charge in [0, 0.05) is 32.7 Å². The number of piperazine rings is 1. The van der Waals surface area contributed by atoms with E-state index in [1.165, 1.54) is 10.5 Å². The molecular weight excluding hydrogens is 354 g/mol. The zero-order valence-corrected chi connectivity index (χ0v) is 16.3. The maximum absolute atomic E-state index is 13.0. The van der Waals surface area contributed by atoms with Crippen LogP contribution in [0.4, 0.5) is 0 Å². The SMILES string of the molecule is C[C@@H](C(=O)N1CCN(Cc2ccccc2)CC1)N1C(=O)[C@H]2CC=CC[C@H]2C1=O. The molecule has 1 aliphatic carbocycles. The van der Waals surface area contributed by atoms with Crippen LogP contribution < -0.4 is 0 Å². The standard InChI is InChI=1S/C22H27N3O3/c1-16(25-21(27)18-9-5-6-10-19(18)22(25)28)20(26)24-13-11-23(12-14-24)15-17-7-3-2-4-8-17/h2-8,16,18-19H,9-15H2,1H3/t16-,18-,19+/m0/s1. The van der Waals surface area contributed by atoms with Gasteiger partial charge in [-0.15, -0.1) is 0 Å². The highest BCUT2D eigenvalue weighted by Gasteiger charge is 2.50. The second kappa shape index (κ2) is 7.87. The minimum atomic E-state index is -0.716. The first-order chi connectivity index (χ1) is 13.6. The summed E-state index contributed by atoms with van der Waals surface area (Å²) in [6.45, 7) is 5.41. The van der Waals surface area contributed by atoms with Crippen molar-refractivity contribution < 1.29 is 14.4 Å². The molecule has 0 spiro atoms. The number of nitrogens with zero attached hydrogens (tertiary/aromatic N) is 3. The Balaban J connectivity index is 1.35. The largest absolute Gasteiger partial charge is 0.338 e. The maximum Gasteiger partial charge on any atom is 0.245 e. The lowest BCUT2D eigenvalue weighted by molar-refractivity contribution is -0.151. The Labute approximate surface area is 165 Å². The van der Waals surface area contributed by atoms with E-state index in [9.17, 15) is 14.4 Å². The van der Waals surface area contributed by atoms with Crippen LogP contribution in [0.25, 0.3) is 0 Å². The molecule has 0 radical (unpaired) electrons. The third-order valence-electron chi connectivity index (χ3n) is 6.22. The minimum Gasteiger partial charge on any atom is -0.338 e. The van der Waals surface area contributed by atoms with Crippen LogP contribution in [0.1, 0.15) is 25.3 Å². The Bertz CT molecular complexity index is 757. The Morgan fingerprint density at radius 1 is 0.964 bits per heavy atom. The molecule has 0 aromatic heterocycles. The molecule has 0 bridgehead atoms. The second-order valence-corrected chi connectivity index (χ2v) is 7.97. The molecule has 148 valence electrons. The molecule has 2 aliphatic heterocycles. The number of hydrogen-bond donors (Lipinski definition) is 0. The lowest BCUT2D eigenvalue weighted by Gasteiger charge is -2.37. The van der Waals surface area contributed by atoms with E-state index in [1.807, 2.05) is 30.4 Å². The Morgan fingerprint density at radius 2 is 1.54 bits per heavy atom. The predicted octanol–water partition coefficient (Wildman–Crippen LogP) is 1.67. The number of amides is 3. The number of benzene rings is 1. The van der Waals surface area contributed by atoms with Crippen molar-refractivity contribution in [3.63, 3.8) is 0 Å². The Hall–Kier alpha value is -2.47. The fourth-order valence-corrected chi connectivity index (χ4v) is 4.55. The van der Waals surface area contributed by atoms with Crippen molar-refractivity contribution in [1.29, 1.82) is 0 Å². The van der Waals surface area contributed by atoms with E-state index in [0.29, 0.717) is 25.9 Å². The lowest BCUT2D eigenvalue weighted by atomic mass is 9.85. The average molecular weight is 381 g/mol. The van der Waals surface area contributed by atoms with E-state index >= 15 is 0 Å². The summed E-state index contributed by atoms with van der Waals surface area (Å²) in [6.07, 6.45) is 5.14.